The van der Waals surface area contributed by atoms with E-state index in [4.69, 9.17) is 0 Å². The quantitative estimate of drug-likeness (QED) is 0.767. The number of ether oxygens (including phenoxy) is 1. The van der Waals surface area contributed by atoms with Crippen LogP contribution in [0.4, 0.5) is 0 Å². The summed E-state index contributed by atoms with van der Waals surface area (Å²) in [5.74, 6) is -0.546. The summed E-state index contributed by atoms with van der Waals surface area (Å²) in [6.07, 6.45) is 0.308. The number of hydrogen-bond acceptors (Lipinski definition) is 3. The van der Waals surface area contributed by atoms with Gasteiger partial charge in [-0.15, -0.1) is 0 Å². The summed E-state index contributed by atoms with van der Waals surface area (Å²) in [6, 6.07) is 18.1. The largest absolute Gasteiger partial charge is 0.468 e. The first-order chi connectivity index (χ1) is 11.5. The molecule has 0 radical (unpaired) electrons. The van der Waals surface area contributed by atoms with Gasteiger partial charge < -0.3 is 9.64 Å². The van der Waals surface area contributed by atoms with Gasteiger partial charge in [0.25, 0.3) is 0 Å². The Morgan fingerprint density at radius 3 is 2.29 bits per heavy atom. The van der Waals surface area contributed by atoms with Crippen LogP contribution in [0.3, 0.4) is 0 Å². The van der Waals surface area contributed by atoms with E-state index >= 15 is 0 Å². The minimum atomic E-state index is -0.419. The van der Waals surface area contributed by atoms with Gasteiger partial charge in [-0.3, -0.25) is 9.59 Å². The third-order valence-corrected chi connectivity index (χ3v) is 4.16. The Balaban J connectivity index is 2.26. The number of carbonyl (C=O) groups excluding carboxylic acids is 2. The van der Waals surface area contributed by atoms with Crippen LogP contribution >= 0.6 is 0 Å². The molecule has 126 valence electrons. The number of rotatable bonds is 6. The molecule has 1 amide bonds. The van der Waals surface area contributed by atoms with Crippen LogP contribution in [0.2, 0.25) is 0 Å². The van der Waals surface area contributed by atoms with E-state index in [-0.39, 0.29) is 18.4 Å². The number of esters is 1. The summed E-state index contributed by atoms with van der Waals surface area (Å²) in [5, 5.41) is 0. The van der Waals surface area contributed by atoms with Gasteiger partial charge in [0, 0.05) is 19.4 Å². The molecule has 0 bridgehead atoms. The summed E-state index contributed by atoms with van der Waals surface area (Å²) >= 11 is 0. The average Bonchev–Trinajstić information content (AvgIpc) is 2.60. The van der Waals surface area contributed by atoms with E-state index in [0.717, 1.165) is 16.7 Å². The molecule has 1 atom stereocenters. The van der Waals surface area contributed by atoms with Gasteiger partial charge in [-0.2, -0.15) is 0 Å². The zero-order valence-corrected chi connectivity index (χ0v) is 14.4. The Morgan fingerprint density at radius 1 is 1.04 bits per heavy atom. The summed E-state index contributed by atoms with van der Waals surface area (Å²) in [5.41, 5.74) is 3.37. The van der Waals surface area contributed by atoms with E-state index in [1.54, 1.807) is 7.05 Å². The van der Waals surface area contributed by atoms with Crippen molar-refractivity contribution in [2.75, 3.05) is 20.7 Å². The maximum Gasteiger partial charge on any atom is 0.325 e. The van der Waals surface area contributed by atoms with Crippen molar-refractivity contribution in [2.24, 2.45) is 0 Å². The summed E-state index contributed by atoms with van der Waals surface area (Å²) in [4.78, 5) is 25.4. The molecule has 4 nitrogen and oxygen atoms in total. The molecule has 0 aliphatic heterocycles. The van der Waals surface area contributed by atoms with Crippen LogP contribution in [0.1, 0.15) is 29.0 Å². The van der Waals surface area contributed by atoms with E-state index in [2.05, 4.69) is 10.8 Å². The molecule has 0 N–H and O–H groups in total. The molecule has 0 heterocycles. The van der Waals surface area contributed by atoms with E-state index in [0.29, 0.717) is 6.42 Å². The van der Waals surface area contributed by atoms with Gasteiger partial charge in [-0.05, 0) is 23.6 Å². The second-order valence-corrected chi connectivity index (χ2v) is 5.85. The molecule has 0 aromatic heterocycles. The molecule has 0 saturated heterocycles. The van der Waals surface area contributed by atoms with Crippen molar-refractivity contribution in [1.82, 2.24) is 4.90 Å². The summed E-state index contributed by atoms with van der Waals surface area (Å²) in [6.45, 7) is 2.01. The van der Waals surface area contributed by atoms with Gasteiger partial charge in [-0.1, -0.05) is 54.6 Å². The number of methoxy groups -OCH3 is 1. The molecule has 2 aromatic rings. The maximum absolute atomic E-state index is 12.6. The first kappa shape index (κ1) is 17.7. The van der Waals surface area contributed by atoms with Gasteiger partial charge >= 0.3 is 5.97 Å². The highest BCUT2D eigenvalue weighted by Gasteiger charge is 2.22. The SMILES string of the molecule is COC(=O)CN(C)C(=O)C[C@@H](c1ccccc1)c1ccccc1C. The molecule has 0 spiro atoms. The van der Waals surface area contributed by atoms with Gasteiger partial charge in [0.1, 0.15) is 6.54 Å². The lowest BCUT2D eigenvalue weighted by molar-refractivity contribution is -0.146. The van der Waals surface area contributed by atoms with Crippen molar-refractivity contribution < 1.29 is 14.3 Å². The number of amides is 1. The molecule has 0 fully saturated rings. The molecular formula is C20H23NO3. The molecule has 0 unspecified atom stereocenters. The topological polar surface area (TPSA) is 46.6 Å². The number of benzene rings is 2. The third kappa shape index (κ3) is 4.44. The van der Waals surface area contributed by atoms with Crippen molar-refractivity contribution in [3.05, 3.63) is 71.3 Å². The molecule has 2 aromatic carbocycles. The molecule has 0 aliphatic rings. The van der Waals surface area contributed by atoms with Crippen molar-refractivity contribution in [2.45, 2.75) is 19.3 Å². The van der Waals surface area contributed by atoms with Crippen molar-refractivity contribution in [1.29, 1.82) is 0 Å². The summed E-state index contributed by atoms with van der Waals surface area (Å²) < 4.78 is 4.63. The van der Waals surface area contributed by atoms with Gasteiger partial charge in [-0.25, -0.2) is 0 Å². The Labute approximate surface area is 143 Å². The molecular weight excluding hydrogens is 302 g/mol. The molecule has 0 saturated carbocycles. The number of nitrogens with zero attached hydrogens (tertiary/aromatic N) is 1. The number of aryl methyl sites for hydroxylation is 1. The lowest BCUT2D eigenvalue weighted by Gasteiger charge is -2.23. The number of carbonyl (C=O) groups is 2. The first-order valence-electron chi connectivity index (χ1n) is 7.94. The molecule has 0 aliphatic carbocycles. The van der Waals surface area contributed by atoms with E-state index in [1.165, 1.54) is 12.0 Å². The normalized spacial score (nSPS) is 11.6. The fraction of sp³-hybridized carbons (Fsp3) is 0.300. The fourth-order valence-electron chi connectivity index (χ4n) is 2.75. The number of likely N-dealkylation sites (N-methyl/N-ethyl adjacent to an activating group) is 1. The monoisotopic (exact) mass is 325 g/mol. The zero-order valence-electron chi connectivity index (χ0n) is 14.4. The Hall–Kier alpha value is -2.62. The Morgan fingerprint density at radius 2 is 1.67 bits per heavy atom. The van der Waals surface area contributed by atoms with Crippen LogP contribution in [0.15, 0.2) is 54.6 Å². The van der Waals surface area contributed by atoms with Crippen molar-refractivity contribution in [3.8, 4) is 0 Å². The molecule has 24 heavy (non-hydrogen) atoms. The predicted octanol–water partition coefficient (Wildman–Crippen LogP) is 3.15. The fourth-order valence-corrected chi connectivity index (χ4v) is 2.75. The van der Waals surface area contributed by atoms with Crippen LogP contribution in [0, 0.1) is 6.92 Å². The lowest BCUT2D eigenvalue weighted by atomic mass is 9.86. The number of hydrogen-bond donors (Lipinski definition) is 0. The van der Waals surface area contributed by atoms with Crippen LogP contribution < -0.4 is 0 Å². The van der Waals surface area contributed by atoms with Gasteiger partial charge in [0.2, 0.25) is 5.91 Å². The van der Waals surface area contributed by atoms with E-state index in [9.17, 15) is 9.59 Å². The van der Waals surface area contributed by atoms with Crippen LogP contribution in [-0.4, -0.2) is 37.5 Å². The predicted molar refractivity (Wildman–Crippen MR) is 93.7 cm³/mol. The van der Waals surface area contributed by atoms with Crippen LogP contribution in [0.25, 0.3) is 0 Å². The van der Waals surface area contributed by atoms with Crippen LogP contribution in [-0.2, 0) is 14.3 Å². The van der Waals surface area contributed by atoms with E-state index < -0.39 is 5.97 Å². The third-order valence-electron chi connectivity index (χ3n) is 4.16. The lowest BCUT2D eigenvalue weighted by Crippen LogP contribution is -2.33. The minimum Gasteiger partial charge on any atom is -0.468 e. The first-order valence-corrected chi connectivity index (χ1v) is 7.94. The van der Waals surface area contributed by atoms with Gasteiger partial charge in [0.15, 0.2) is 0 Å². The average molecular weight is 325 g/mol. The van der Waals surface area contributed by atoms with Gasteiger partial charge in [0.05, 0.1) is 7.11 Å². The maximum atomic E-state index is 12.6. The van der Waals surface area contributed by atoms with Crippen LogP contribution in [0.5, 0.6) is 0 Å². The Bertz CT molecular complexity index is 697. The van der Waals surface area contributed by atoms with Crippen molar-refractivity contribution >= 4 is 11.9 Å². The Kier molecular flexibility index (Phi) is 6.13. The molecule has 2 rings (SSSR count). The van der Waals surface area contributed by atoms with E-state index in [1.807, 2.05) is 55.5 Å². The molecule has 4 heteroatoms. The second kappa shape index (κ2) is 8.29. The zero-order chi connectivity index (χ0) is 17.5. The summed E-state index contributed by atoms with van der Waals surface area (Å²) in [7, 11) is 2.94. The standard InChI is InChI=1S/C20H23NO3/c1-15-9-7-8-12-17(15)18(16-10-5-4-6-11-16)13-19(22)21(2)14-20(23)24-3/h4-12,18H,13-14H2,1-3H3/t18-/m0/s1. The highest BCUT2D eigenvalue weighted by Crippen LogP contribution is 2.30. The highest BCUT2D eigenvalue weighted by molar-refractivity contribution is 5.82. The smallest absolute Gasteiger partial charge is 0.325 e. The van der Waals surface area contributed by atoms with Crippen molar-refractivity contribution in [3.63, 3.8) is 0 Å². The highest BCUT2D eigenvalue weighted by atomic mass is 16.5. The minimum absolute atomic E-state index is 0.0371. The second-order valence-electron chi connectivity index (χ2n) is 5.85.